The van der Waals surface area contributed by atoms with Crippen molar-refractivity contribution in [3.05, 3.63) is 69.8 Å². The standard InChI is InChI=1S/C23H21F4N3O2S/c24-17-5-1-14(2-6-17)20-19(13-31)33-21(29-20)15-9-11-30(12-10-15)22(32)28-18-7-3-16(4-8-18)23(25,26)27/h1-8,15,31H,9-13H2,(H,28,32). The molecule has 2 aromatic carbocycles. The number of piperidine rings is 1. The number of nitrogens with zero attached hydrogens (tertiary/aromatic N) is 2. The summed E-state index contributed by atoms with van der Waals surface area (Å²) >= 11 is 1.41. The first kappa shape index (κ1) is 23.2. The van der Waals surface area contributed by atoms with Crippen LogP contribution < -0.4 is 5.32 Å². The fourth-order valence-electron chi connectivity index (χ4n) is 3.76. The van der Waals surface area contributed by atoms with Gasteiger partial charge in [0.05, 0.1) is 27.7 Å². The average molecular weight is 479 g/mol. The second-order valence-electron chi connectivity index (χ2n) is 7.76. The fourth-order valence-corrected chi connectivity index (χ4v) is 4.88. The maximum atomic E-state index is 13.2. The highest BCUT2D eigenvalue weighted by Crippen LogP contribution is 2.36. The van der Waals surface area contributed by atoms with Crippen molar-refractivity contribution in [1.82, 2.24) is 9.88 Å². The van der Waals surface area contributed by atoms with E-state index in [-0.39, 0.29) is 24.4 Å². The summed E-state index contributed by atoms with van der Waals surface area (Å²) in [4.78, 5) is 19.5. The summed E-state index contributed by atoms with van der Waals surface area (Å²) in [5, 5.41) is 13.2. The number of aliphatic hydroxyl groups is 1. The van der Waals surface area contributed by atoms with Crippen molar-refractivity contribution in [2.45, 2.75) is 31.5 Å². The van der Waals surface area contributed by atoms with E-state index >= 15 is 0 Å². The monoisotopic (exact) mass is 479 g/mol. The van der Waals surface area contributed by atoms with E-state index < -0.39 is 11.7 Å². The number of thiazole rings is 1. The van der Waals surface area contributed by atoms with Crippen molar-refractivity contribution in [1.29, 1.82) is 0 Å². The van der Waals surface area contributed by atoms with Crippen molar-refractivity contribution >= 4 is 23.1 Å². The van der Waals surface area contributed by atoms with E-state index in [9.17, 15) is 27.5 Å². The Labute approximate surface area is 191 Å². The van der Waals surface area contributed by atoms with Crippen LogP contribution in [0.3, 0.4) is 0 Å². The van der Waals surface area contributed by atoms with E-state index in [1.54, 1.807) is 17.0 Å². The topological polar surface area (TPSA) is 65.5 Å². The van der Waals surface area contributed by atoms with Crippen LogP contribution in [0.15, 0.2) is 48.5 Å². The minimum atomic E-state index is -4.42. The first-order valence-corrected chi connectivity index (χ1v) is 11.2. The highest BCUT2D eigenvalue weighted by molar-refractivity contribution is 7.12. The molecule has 2 amide bonds. The molecular weight excluding hydrogens is 458 g/mol. The molecule has 174 valence electrons. The van der Waals surface area contributed by atoms with Crippen LogP contribution in [-0.2, 0) is 12.8 Å². The van der Waals surface area contributed by atoms with Crippen LogP contribution in [0.2, 0.25) is 0 Å². The number of amides is 2. The lowest BCUT2D eigenvalue weighted by molar-refractivity contribution is -0.137. The third-order valence-electron chi connectivity index (χ3n) is 5.57. The van der Waals surface area contributed by atoms with Crippen molar-refractivity contribution in [3.8, 4) is 11.3 Å². The number of nitrogens with one attached hydrogen (secondary N) is 1. The number of aromatic nitrogens is 1. The zero-order chi connectivity index (χ0) is 23.6. The number of hydrogen-bond donors (Lipinski definition) is 2. The molecule has 10 heteroatoms. The quantitative estimate of drug-likeness (QED) is 0.460. The first-order chi connectivity index (χ1) is 15.7. The Kier molecular flexibility index (Phi) is 6.66. The van der Waals surface area contributed by atoms with Gasteiger partial charge in [0.25, 0.3) is 0 Å². The molecule has 2 heterocycles. The number of carbonyl (C=O) groups excluding carboxylic acids is 1. The number of alkyl halides is 3. The molecule has 33 heavy (non-hydrogen) atoms. The zero-order valence-electron chi connectivity index (χ0n) is 17.4. The molecular formula is C23H21F4N3O2S. The van der Waals surface area contributed by atoms with Gasteiger partial charge in [0, 0.05) is 30.3 Å². The van der Waals surface area contributed by atoms with Crippen molar-refractivity contribution in [2.75, 3.05) is 18.4 Å². The molecule has 5 nitrogen and oxygen atoms in total. The van der Waals surface area contributed by atoms with Crippen LogP contribution in [0.25, 0.3) is 11.3 Å². The van der Waals surface area contributed by atoms with Gasteiger partial charge in [-0.25, -0.2) is 14.2 Å². The van der Waals surface area contributed by atoms with Crippen LogP contribution in [-0.4, -0.2) is 34.1 Å². The molecule has 1 aliphatic heterocycles. The lowest BCUT2D eigenvalue weighted by atomic mass is 9.97. The normalized spacial score (nSPS) is 15.0. The molecule has 0 spiro atoms. The Morgan fingerprint density at radius 1 is 1.09 bits per heavy atom. The number of carbonyl (C=O) groups is 1. The van der Waals surface area contributed by atoms with E-state index in [0.29, 0.717) is 42.2 Å². The number of anilines is 1. The maximum absolute atomic E-state index is 13.2. The van der Waals surface area contributed by atoms with Gasteiger partial charge in [0.1, 0.15) is 5.82 Å². The van der Waals surface area contributed by atoms with Gasteiger partial charge < -0.3 is 15.3 Å². The van der Waals surface area contributed by atoms with Gasteiger partial charge in [-0.3, -0.25) is 0 Å². The molecule has 0 saturated carbocycles. The van der Waals surface area contributed by atoms with Gasteiger partial charge in [0.15, 0.2) is 0 Å². The summed E-state index contributed by atoms with van der Waals surface area (Å²) in [5.41, 5.74) is 0.898. The van der Waals surface area contributed by atoms with Crippen molar-refractivity contribution < 1.29 is 27.5 Å². The lowest BCUT2D eigenvalue weighted by Crippen LogP contribution is -2.40. The van der Waals surface area contributed by atoms with Crippen LogP contribution in [0.1, 0.15) is 34.2 Å². The highest BCUT2D eigenvalue weighted by Gasteiger charge is 2.30. The van der Waals surface area contributed by atoms with Gasteiger partial charge in [-0.2, -0.15) is 13.2 Å². The lowest BCUT2D eigenvalue weighted by Gasteiger charge is -2.31. The fraction of sp³-hybridized carbons (Fsp3) is 0.304. The molecule has 3 aromatic rings. The molecule has 1 saturated heterocycles. The molecule has 4 rings (SSSR count). The van der Waals surface area contributed by atoms with Gasteiger partial charge in [-0.15, -0.1) is 11.3 Å². The zero-order valence-corrected chi connectivity index (χ0v) is 18.2. The number of likely N-dealkylation sites (tertiary alicyclic amines) is 1. The third kappa shape index (κ3) is 5.33. The Balaban J connectivity index is 1.37. The number of aliphatic hydroxyl groups excluding tert-OH is 1. The largest absolute Gasteiger partial charge is 0.416 e. The number of halogens is 4. The van der Waals surface area contributed by atoms with E-state index in [4.69, 9.17) is 4.98 Å². The van der Waals surface area contributed by atoms with E-state index in [0.717, 1.165) is 22.7 Å². The Hall–Kier alpha value is -2.98. The highest BCUT2D eigenvalue weighted by atomic mass is 32.1. The van der Waals surface area contributed by atoms with Gasteiger partial charge >= 0.3 is 12.2 Å². The Bertz CT molecular complexity index is 1110. The van der Waals surface area contributed by atoms with Crippen LogP contribution in [0, 0.1) is 5.82 Å². The second kappa shape index (κ2) is 9.48. The molecule has 0 unspecified atom stereocenters. The van der Waals surface area contributed by atoms with Crippen LogP contribution in [0.4, 0.5) is 28.0 Å². The smallest absolute Gasteiger partial charge is 0.391 e. The van der Waals surface area contributed by atoms with Crippen molar-refractivity contribution in [3.63, 3.8) is 0 Å². The van der Waals surface area contributed by atoms with Gasteiger partial charge in [0.2, 0.25) is 0 Å². The maximum Gasteiger partial charge on any atom is 0.416 e. The van der Waals surface area contributed by atoms with E-state index in [1.807, 2.05) is 0 Å². The van der Waals surface area contributed by atoms with Crippen LogP contribution >= 0.6 is 11.3 Å². The number of benzene rings is 2. The van der Waals surface area contributed by atoms with Gasteiger partial charge in [-0.1, -0.05) is 0 Å². The summed E-state index contributed by atoms with van der Waals surface area (Å²) in [5.74, 6) is -0.230. The molecule has 0 aliphatic carbocycles. The van der Waals surface area contributed by atoms with E-state index in [2.05, 4.69) is 5.32 Å². The summed E-state index contributed by atoms with van der Waals surface area (Å²) in [6.07, 6.45) is -3.09. The first-order valence-electron chi connectivity index (χ1n) is 10.3. The summed E-state index contributed by atoms with van der Waals surface area (Å²) in [6.45, 7) is 0.771. The molecule has 1 fully saturated rings. The minimum Gasteiger partial charge on any atom is -0.391 e. The third-order valence-corrected chi connectivity index (χ3v) is 6.77. The molecule has 1 aliphatic rings. The van der Waals surface area contributed by atoms with Crippen molar-refractivity contribution in [2.24, 2.45) is 0 Å². The molecule has 2 N–H and O–H groups in total. The number of hydrogen-bond acceptors (Lipinski definition) is 4. The van der Waals surface area contributed by atoms with E-state index in [1.165, 1.54) is 35.6 Å². The number of urea groups is 1. The summed E-state index contributed by atoms with van der Waals surface area (Å²) in [7, 11) is 0. The predicted octanol–water partition coefficient (Wildman–Crippen LogP) is 5.87. The molecule has 0 atom stereocenters. The number of rotatable bonds is 4. The summed E-state index contributed by atoms with van der Waals surface area (Å²) < 4.78 is 51.3. The summed E-state index contributed by atoms with van der Waals surface area (Å²) in [6, 6.07) is 9.92. The molecule has 0 radical (unpaired) electrons. The average Bonchev–Trinajstić information content (AvgIpc) is 3.24. The minimum absolute atomic E-state index is 0.115. The van der Waals surface area contributed by atoms with Crippen LogP contribution in [0.5, 0.6) is 0 Å². The SMILES string of the molecule is O=C(Nc1ccc(C(F)(F)F)cc1)N1CCC(c2nc(-c3ccc(F)cc3)c(CO)s2)CC1. The Morgan fingerprint density at radius 2 is 1.73 bits per heavy atom. The Morgan fingerprint density at radius 3 is 2.30 bits per heavy atom. The van der Waals surface area contributed by atoms with Gasteiger partial charge in [-0.05, 0) is 61.4 Å². The predicted molar refractivity (Wildman–Crippen MR) is 117 cm³/mol. The molecule has 1 aromatic heterocycles. The second-order valence-corrected chi connectivity index (χ2v) is 8.87. The molecule has 0 bridgehead atoms.